The first-order chi connectivity index (χ1) is 13.3. The highest BCUT2D eigenvalue weighted by Crippen LogP contribution is 2.34. The molecule has 1 amide bonds. The van der Waals surface area contributed by atoms with Gasteiger partial charge in [0.25, 0.3) is 5.91 Å². The minimum atomic E-state index is -0.958. The molecule has 0 saturated heterocycles. The van der Waals surface area contributed by atoms with Gasteiger partial charge in [-0.05, 0) is 49.2 Å². The number of aryl methyl sites for hydroxylation is 3. The monoisotopic (exact) mass is 382 g/mol. The number of imidazole rings is 1. The molecule has 0 aliphatic rings. The fraction of sp³-hybridized carbons (Fsp3) is 0.250. The molecule has 4 N–H and O–H groups in total. The topological polar surface area (TPSA) is 119 Å². The molecule has 1 heterocycles. The Morgan fingerprint density at radius 3 is 2.57 bits per heavy atom. The SMILES string of the molecule is Cc1cc(C(=O)NCCC(=O)O)cc(C)c1Oc1cccc2c1nc(N)n2C. The molecule has 0 aliphatic heterocycles. The van der Waals surface area contributed by atoms with Crippen molar-refractivity contribution >= 4 is 28.9 Å². The molecule has 8 nitrogen and oxygen atoms in total. The summed E-state index contributed by atoms with van der Waals surface area (Å²) < 4.78 is 7.91. The number of carboxylic acid groups (broad SMARTS) is 1. The van der Waals surface area contributed by atoms with E-state index in [0.717, 1.165) is 16.6 Å². The highest BCUT2D eigenvalue weighted by Gasteiger charge is 2.15. The van der Waals surface area contributed by atoms with Crippen LogP contribution in [0.1, 0.15) is 27.9 Å². The molecule has 2 aromatic carbocycles. The zero-order valence-electron chi connectivity index (χ0n) is 15.9. The molecule has 0 spiro atoms. The molecule has 3 rings (SSSR count). The lowest BCUT2D eigenvalue weighted by molar-refractivity contribution is -0.136. The van der Waals surface area contributed by atoms with Crippen molar-refractivity contribution in [1.29, 1.82) is 0 Å². The number of nitrogens with two attached hydrogens (primary N) is 1. The van der Waals surface area contributed by atoms with E-state index in [1.807, 2.05) is 39.1 Å². The van der Waals surface area contributed by atoms with Gasteiger partial charge in [-0.2, -0.15) is 0 Å². The summed E-state index contributed by atoms with van der Waals surface area (Å²) in [4.78, 5) is 27.2. The molecule has 0 saturated carbocycles. The molecular formula is C20H22N4O4. The summed E-state index contributed by atoms with van der Waals surface area (Å²) in [6.07, 6.45) is -0.123. The summed E-state index contributed by atoms with van der Waals surface area (Å²) in [5.74, 6) is 0.334. The first-order valence-electron chi connectivity index (χ1n) is 8.78. The Hall–Kier alpha value is -3.55. The molecule has 0 aliphatic carbocycles. The maximum absolute atomic E-state index is 12.2. The first-order valence-corrected chi connectivity index (χ1v) is 8.78. The van der Waals surface area contributed by atoms with E-state index >= 15 is 0 Å². The number of nitrogen functional groups attached to an aromatic ring is 1. The lowest BCUT2D eigenvalue weighted by Crippen LogP contribution is -2.26. The number of nitrogens with zero attached hydrogens (tertiary/aromatic N) is 2. The van der Waals surface area contributed by atoms with Gasteiger partial charge in [0.15, 0.2) is 5.75 Å². The molecule has 0 unspecified atom stereocenters. The fourth-order valence-electron chi connectivity index (χ4n) is 3.03. The van der Waals surface area contributed by atoms with Gasteiger partial charge in [-0.3, -0.25) is 9.59 Å². The number of ether oxygens (including phenoxy) is 1. The lowest BCUT2D eigenvalue weighted by atomic mass is 10.0. The second-order valence-corrected chi connectivity index (χ2v) is 6.59. The minimum absolute atomic E-state index is 0.0770. The summed E-state index contributed by atoms with van der Waals surface area (Å²) in [7, 11) is 1.84. The summed E-state index contributed by atoms with van der Waals surface area (Å²) in [6, 6.07) is 9.03. The van der Waals surface area contributed by atoms with Crippen LogP contribution in [0.4, 0.5) is 5.95 Å². The number of benzene rings is 2. The minimum Gasteiger partial charge on any atom is -0.481 e. The fourth-order valence-corrected chi connectivity index (χ4v) is 3.03. The Morgan fingerprint density at radius 1 is 1.25 bits per heavy atom. The number of para-hydroxylation sites is 1. The highest BCUT2D eigenvalue weighted by molar-refractivity contribution is 5.95. The van der Waals surface area contributed by atoms with Crippen molar-refractivity contribution in [2.75, 3.05) is 12.3 Å². The van der Waals surface area contributed by atoms with Crippen LogP contribution >= 0.6 is 0 Å². The van der Waals surface area contributed by atoms with Crippen LogP contribution in [0, 0.1) is 13.8 Å². The maximum atomic E-state index is 12.2. The summed E-state index contributed by atoms with van der Waals surface area (Å²) >= 11 is 0. The van der Waals surface area contributed by atoms with E-state index in [4.69, 9.17) is 15.6 Å². The van der Waals surface area contributed by atoms with Crippen LogP contribution in [0.25, 0.3) is 11.0 Å². The van der Waals surface area contributed by atoms with E-state index in [-0.39, 0.29) is 18.9 Å². The largest absolute Gasteiger partial charge is 0.481 e. The Kier molecular flexibility index (Phi) is 5.21. The lowest BCUT2D eigenvalue weighted by Gasteiger charge is -2.14. The van der Waals surface area contributed by atoms with Crippen LogP contribution in [0.3, 0.4) is 0 Å². The molecule has 0 radical (unpaired) electrons. The van der Waals surface area contributed by atoms with Crippen LogP contribution in [-0.4, -0.2) is 33.1 Å². The molecule has 0 atom stereocenters. The van der Waals surface area contributed by atoms with Gasteiger partial charge in [-0.15, -0.1) is 0 Å². The van der Waals surface area contributed by atoms with Gasteiger partial charge in [-0.1, -0.05) is 6.07 Å². The molecule has 0 fully saturated rings. The number of aliphatic carboxylic acids is 1. The number of carbonyl (C=O) groups excluding carboxylic acids is 1. The third-order valence-corrected chi connectivity index (χ3v) is 4.47. The molecular weight excluding hydrogens is 360 g/mol. The van der Waals surface area contributed by atoms with Gasteiger partial charge >= 0.3 is 5.97 Å². The third-order valence-electron chi connectivity index (χ3n) is 4.47. The van der Waals surface area contributed by atoms with Crippen molar-refractivity contribution in [3.05, 3.63) is 47.0 Å². The standard InChI is InChI=1S/C20H22N4O4/c1-11-9-13(19(27)22-8-7-16(25)26)10-12(2)18(11)28-15-6-4-5-14-17(15)23-20(21)24(14)3/h4-6,9-10H,7-8H2,1-3H3,(H2,21,23)(H,22,27)(H,25,26). The van der Waals surface area contributed by atoms with Crippen LogP contribution in [-0.2, 0) is 11.8 Å². The van der Waals surface area contributed by atoms with E-state index in [0.29, 0.717) is 28.5 Å². The zero-order chi connectivity index (χ0) is 20.4. The maximum Gasteiger partial charge on any atom is 0.305 e. The van der Waals surface area contributed by atoms with Crippen LogP contribution in [0.15, 0.2) is 30.3 Å². The van der Waals surface area contributed by atoms with Gasteiger partial charge in [0, 0.05) is 19.2 Å². The number of amides is 1. The van der Waals surface area contributed by atoms with E-state index in [9.17, 15) is 9.59 Å². The highest BCUT2D eigenvalue weighted by atomic mass is 16.5. The number of fused-ring (bicyclic) bond motifs is 1. The van der Waals surface area contributed by atoms with Gasteiger partial charge in [0.1, 0.15) is 11.3 Å². The average molecular weight is 382 g/mol. The molecule has 1 aromatic heterocycles. The number of rotatable bonds is 6. The molecule has 0 bridgehead atoms. The Balaban J connectivity index is 1.87. The molecule has 3 aromatic rings. The quantitative estimate of drug-likeness (QED) is 0.603. The van der Waals surface area contributed by atoms with Crippen molar-refractivity contribution in [1.82, 2.24) is 14.9 Å². The van der Waals surface area contributed by atoms with Crippen LogP contribution < -0.4 is 15.8 Å². The number of nitrogens with one attached hydrogen (secondary N) is 1. The van der Waals surface area contributed by atoms with Crippen LogP contribution in [0.5, 0.6) is 11.5 Å². The predicted octanol–water partition coefficient (Wildman–Crippen LogP) is 2.77. The number of hydrogen-bond acceptors (Lipinski definition) is 5. The average Bonchev–Trinajstić information content (AvgIpc) is 2.93. The molecule has 146 valence electrons. The second-order valence-electron chi connectivity index (χ2n) is 6.59. The number of carbonyl (C=O) groups is 2. The summed E-state index contributed by atoms with van der Waals surface area (Å²) in [5.41, 5.74) is 9.44. The number of hydrogen-bond donors (Lipinski definition) is 3. The van der Waals surface area contributed by atoms with Crippen molar-refractivity contribution < 1.29 is 19.4 Å². The Labute approximate surface area is 161 Å². The summed E-state index contributed by atoms with van der Waals surface area (Å²) in [5, 5.41) is 11.3. The van der Waals surface area contributed by atoms with Crippen molar-refractivity contribution in [3.8, 4) is 11.5 Å². The number of anilines is 1. The van der Waals surface area contributed by atoms with Gasteiger partial charge in [0.2, 0.25) is 5.95 Å². The first kappa shape index (κ1) is 19.2. The second kappa shape index (κ2) is 7.59. The predicted molar refractivity (Wildman–Crippen MR) is 106 cm³/mol. The zero-order valence-corrected chi connectivity index (χ0v) is 15.9. The van der Waals surface area contributed by atoms with Gasteiger partial charge < -0.3 is 25.5 Å². The Morgan fingerprint density at radius 2 is 1.93 bits per heavy atom. The van der Waals surface area contributed by atoms with Gasteiger partial charge in [0.05, 0.1) is 11.9 Å². The van der Waals surface area contributed by atoms with Crippen LogP contribution in [0.2, 0.25) is 0 Å². The number of carboxylic acids is 1. The number of aromatic nitrogens is 2. The van der Waals surface area contributed by atoms with E-state index < -0.39 is 5.97 Å². The van der Waals surface area contributed by atoms with Crippen molar-refractivity contribution in [3.63, 3.8) is 0 Å². The third kappa shape index (κ3) is 3.75. The van der Waals surface area contributed by atoms with Crippen molar-refractivity contribution in [2.24, 2.45) is 7.05 Å². The molecule has 28 heavy (non-hydrogen) atoms. The van der Waals surface area contributed by atoms with Crippen molar-refractivity contribution in [2.45, 2.75) is 20.3 Å². The van der Waals surface area contributed by atoms with E-state index in [1.165, 1.54) is 0 Å². The van der Waals surface area contributed by atoms with E-state index in [1.54, 1.807) is 16.7 Å². The normalized spacial score (nSPS) is 10.8. The van der Waals surface area contributed by atoms with Gasteiger partial charge in [-0.25, -0.2) is 4.98 Å². The molecule has 8 heteroatoms. The summed E-state index contributed by atoms with van der Waals surface area (Å²) in [6.45, 7) is 3.78. The van der Waals surface area contributed by atoms with E-state index in [2.05, 4.69) is 10.3 Å². The Bertz CT molecular complexity index is 1050. The smallest absolute Gasteiger partial charge is 0.305 e.